The van der Waals surface area contributed by atoms with Crippen LogP contribution in [0.1, 0.15) is 25.3 Å². The molecule has 0 aromatic heterocycles. The van der Waals surface area contributed by atoms with Crippen LogP contribution in [0.3, 0.4) is 0 Å². The Labute approximate surface area is 191 Å². The molecule has 1 fully saturated rings. The van der Waals surface area contributed by atoms with E-state index in [2.05, 4.69) is 5.16 Å². The SMILES string of the molecule is CCOC(=O)C1(F)CCN(S(=O)(=O)c2ccc(Cl)cc2-c2cccc(/C=N/OC)c2)CC1. The molecule has 1 aliphatic rings. The third kappa shape index (κ3) is 5.11. The highest BCUT2D eigenvalue weighted by Crippen LogP contribution is 2.35. The minimum atomic E-state index is -3.98. The van der Waals surface area contributed by atoms with Crippen LogP contribution >= 0.6 is 11.6 Å². The highest BCUT2D eigenvalue weighted by molar-refractivity contribution is 7.89. The second-order valence-corrected chi connectivity index (χ2v) is 9.62. The predicted octanol–water partition coefficient (Wildman–Crippen LogP) is 4.04. The Bertz CT molecular complexity index is 1120. The van der Waals surface area contributed by atoms with Gasteiger partial charge in [0.1, 0.15) is 7.11 Å². The molecule has 0 spiro atoms. The Kier molecular flexibility index (Phi) is 7.53. The Balaban J connectivity index is 1.94. The Morgan fingerprint density at radius 3 is 2.62 bits per heavy atom. The van der Waals surface area contributed by atoms with Crippen LogP contribution in [0.5, 0.6) is 0 Å². The first-order chi connectivity index (χ1) is 15.2. The molecule has 0 amide bonds. The van der Waals surface area contributed by atoms with E-state index in [0.29, 0.717) is 21.7 Å². The minimum Gasteiger partial charge on any atom is -0.464 e. The number of ether oxygens (including phenoxy) is 1. The van der Waals surface area contributed by atoms with Gasteiger partial charge in [-0.2, -0.15) is 4.31 Å². The van der Waals surface area contributed by atoms with Gasteiger partial charge < -0.3 is 9.57 Å². The van der Waals surface area contributed by atoms with Gasteiger partial charge in [-0.1, -0.05) is 35.0 Å². The fourth-order valence-corrected chi connectivity index (χ4v) is 5.35. The number of hydrogen-bond acceptors (Lipinski definition) is 6. The molecule has 0 unspecified atom stereocenters. The number of alkyl halides is 1. The van der Waals surface area contributed by atoms with E-state index < -0.39 is 21.7 Å². The van der Waals surface area contributed by atoms with Crippen LogP contribution in [0.15, 0.2) is 52.5 Å². The van der Waals surface area contributed by atoms with Crippen molar-refractivity contribution in [2.45, 2.75) is 30.3 Å². The maximum atomic E-state index is 14.9. The Morgan fingerprint density at radius 2 is 1.97 bits per heavy atom. The summed E-state index contributed by atoms with van der Waals surface area (Å²) < 4.78 is 47.8. The zero-order valence-corrected chi connectivity index (χ0v) is 19.3. The van der Waals surface area contributed by atoms with Crippen molar-refractivity contribution < 1.29 is 27.2 Å². The summed E-state index contributed by atoms with van der Waals surface area (Å²) in [6.45, 7) is 1.38. The molecule has 0 saturated carbocycles. The van der Waals surface area contributed by atoms with E-state index in [9.17, 15) is 17.6 Å². The van der Waals surface area contributed by atoms with Crippen LogP contribution in [0.4, 0.5) is 4.39 Å². The van der Waals surface area contributed by atoms with Crippen LogP contribution in [0.2, 0.25) is 5.02 Å². The van der Waals surface area contributed by atoms with E-state index in [-0.39, 0.29) is 37.4 Å². The first-order valence-corrected chi connectivity index (χ1v) is 11.9. The molecule has 7 nitrogen and oxygen atoms in total. The zero-order chi connectivity index (χ0) is 23.4. The molecule has 172 valence electrons. The van der Waals surface area contributed by atoms with Crippen molar-refractivity contribution in [2.24, 2.45) is 5.16 Å². The van der Waals surface area contributed by atoms with Crippen molar-refractivity contribution in [3.05, 3.63) is 53.1 Å². The van der Waals surface area contributed by atoms with Crippen LogP contribution in [-0.2, 0) is 24.4 Å². The lowest BCUT2D eigenvalue weighted by Gasteiger charge is -2.34. The molecule has 0 bridgehead atoms. The van der Waals surface area contributed by atoms with Crippen LogP contribution < -0.4 is 0 Å². The van der Waals surface area contributed by atoms with Gasteiger partial charge in [0, 0.05) is 36.5 Å². The number of piperidine rings is 1. The summed E-state index contributed by atoms with van der Waals surface area (Å²) in [5, 5.41) is 4.10. The summed E-state index contributed by atoms with van der Waals surface area (Å²) in [6.07, 6.45) is 0.969. The van der Waals surface area contributed by atoms with Crippen molar-refractivity contribution >= 4 is 33.8 Å². The molecule has 3 rings (SSSR count). The second-order valence-electron chi connectivity index (χ2n) is 7.27. The summed E-state index contributed by atoms with van der Waals surface area (Å²) in [5.74, 6) is -0.946. The molecule has 2 aromatic rings. The van der Waals surface area contributed by atoms with E-state index in [4.69, 9.17) is 21.2 Å². The lowest BCUT2D eigenvalue weighted by molar-refractivity contribution is -0.160. The first kappa shape index (κ1) is 24.2. The first-order valence-electron chi connectivity index (χ1n) is 10.0. The number of esters is 1. The largest absolute Gasteiger partial charge is 0.464 e. The van der Waals surface area contributed by atoms with Gasteiger partial charge in [0.15, 0.2) is 0 Å². The number of hydrogen-bond donors (Lipinski definition) is 0. The monoisotopic (exact) mass is 482 g/mol. The highest BCUT2D eigenvalue weighted by atomic mass is 35.5. The van der Waals surface area contributed by atoms with E-state index in [1.54, 1.807) is 37.3 Å². The van der Waals surface area contributed by atoms with Crippen molar-refractivity contribution in [1.82, 2.24) is 4.31 Å². The number of nitrogens with zero attached hydrogens (tertiary/aromatic N) is 2. The number of oxime groups is 1. The van der Waals surface area contributed by atoms with Gasteiger partial charge in [0.2, 0.25) is 15.7 Å². The summed E-state index contributed by atoms with van der Waals surface area (Å²) in [6, 6.07) is 11.6. The van der Waals surface area contributed by atoms with Crippen molar-refractivity contribution in [2.75, 3.05) is 26.8 Å². The molecule has 0 N–H and O–H groups in total. The summed E-state index contributed by atoms with van der Waals surface area (Å²) >= 11 is 6.17. The molecule has 1 heterocycles. The van der Waals surface area contributed by atoms with E-state index in [1.165, 1.54) is 29.8 Å². The molecule has 10 heteroatoms. The normalized spacial score (nSPS) is 16.8. The van der Waals surface area contributed by atoms with E-state index >= 15 is 0 Å². The number of carbonyl (C=O) groups excluding carboxylic acids is 1. The summed E-state index contributed by atoms with van der Waals surface area (Å²) in [7, 11) is -2.55. The standard InChI is InChI=1S/C22H24ClFN2O5S/c1-3-31-21(27)22(24)9-11-26(12-10-22)32(28,29)20-8-7-18(23)14-19(20)17-6-4-5-16(13-17)15-25-30-2/h4-8,13-15H,3,9-12H2,1-2H3/b25-15+. The van der Waals surface area contributed by atoms with Gasteiger partial charge in [0.25, 0.3) is 0 Å². The van der Waals surface area contributed by atoms with Crippen molar-refractivity contribution in [1.29, 1.82) is 0 Å². The molecule has 1 saturated heterocycles. The number of halogens is 2. The van der Waals surface area contributed by atoms with E-state index in [0.717, 1.165) is 0 Å². The van der Waals surface area contributed by atoms with Gasteiger partial charge >= 0.3 is 5.97 Å². The minimum absolute atomic E-state index is 0.0465. The lowest BCUT2D eigenvalue weighted by Crippen LogP contribution is -2.49. The average Bonchev–Trinajstić information content (AvgIpc) is 2.78. The molecule has 0 radical (unpaired) electrons. The fourth-order valence-electron chi connectivity index (χ4n) is 3.54. The summed E-state index contributed by atoms with van der Waals surface area (Å²) in [5.41, 5.74) is -0.440. The molecular weight excluding hydrogens is 459 g/mol. The molecular formula is C22H24ClFN2O5S. The number of carbonyl (C=O) groups is 1. The molecule has 0 atom stereocenters. The van der Waals surface area contributed by atoms with Crippen molar-refractivity contribution in [3.8, 4) is 11.1 Å². The van der Waals surface area contributed by atoms with Gasteiger partial charge in [-0.3, -0.25) is 0 Å². The van der Waals surface area contributed by atoms with Gasteiger partial charge in [-0.05, 0) is 42.3 Å². The quantitative estimate of drug-likeness (QED) is 0.338. The average molecular weight is 483 g/mol. The molecule has 32 heavy (non-hydrogen) atoms. The molecule has 1 aliphatic heterocycles. The maximum absolute atomic E-state index is 14.9. The Hall–Kier alpha value is -2.49. The fraction of sp³-hybridized carbons (Fsp3) is 0.364. The second kappa shape index (κ2) is 9.97. The summed E-state index contributed by atoms with van der Waals surface area (Å²) in [4.78, 5) is 16.7. The maximum Gasteiger partial charge on any atom is 0.343 e. The highest BCUT2D eigenvalue weighted by Gasteiger charge is 2.45. The van der Waals surface area contributed by atoms with Gasteiger partial charge in [0.05, 0.1) is 17.7 Å². The smallest absolute Gasteiger partial charge is 0.343 e. The lowest BCUT2D eigenvalue weighted by atomic mass is 9.95. The number of benzene rings is 2. The molecule has 2 aromatic carbocycles. The zero-order valence-electron chi connectivity index (χ0n) is 17.8. The van der Waals surface area contributed by atoms with Crippen LogP contribution in [0, 0.1) is 0 Å². The third-order valence-corrected chi connectivity index (χ3v) is 7.41. The van der Waals surface area contributed by atoms with E-state index in [1.807, 2.05) is 0 Å². The van der Waals surface area contributed by atoms with Gasteiger partial charge in [-0.15, -0.1) is 0 Å². The molecule has 0 aliphatic carbocycles. The van der Waals surface area contributed by atoms with Gasteiger partial charge in [-0.25, -0.2) is 17.6 Å². The Morgan fingerprint density at radius 1 is 1.25 bits per heavy atom. The van der Waals surface area contributed by atoms with Crippen molar-refractivity contribution in [3.63, 3.8) is 0 Å². The van der Waals surface area contributed by atoms with Crippen LogP contribution in [0.25, 0.3) is 11.1 Å². The predicted molar refractivity (Wildman–Crippen MR) is 120 cm³/mol. The van der Waals surface area contributed by atoms with Crippen LogP contribution in [-0.4, -0.2) is 57.4 Å². The topological polar surface area (TPSA) is 85.3 Å². The number of rotatable bonds is 7. The number of sulfonamides is 1. The third-order valence-electron chi connectivity index (χ3n) is 5.22.